The molecule has 1 aromatic heterocycles. The van der Waals surface area contributed by atoms with Gasteiger partial charge in [0.1, 0.15) is 5.69 Å². The van der Waals surface area contributed by atoms with Gasteiger partial charge in [0.2, 0.25) is 0 Å². The van der Waals surface area contributed by atoms with Gasteiger partial charge in [-0.15, -0.1) is 0 Å². The minimum absolute atomic E-state index is 0.117. The first-order valence-corrected chi connectivity index (χ1v) is 8.16. The Balaban J connectivity index is 2.45. The maximum absolute atomic E-state index is 13.1. The molecule has 1 aromatic carbocycles. The molecule has 0 aliphatic rings. The molecular formula is C19H24N2O3. The number of rotatable bonds is 5. The van der Waals surface area contributed by atoms with Crippen molar-refractivity contribution in [1.29, 1.82) is 0 Å². The SMILES string of the molecule is CCOC(=O)c1[nH]c(C)c(C(=O)N(CC)c2ccccc2C)c1C. The van der Waals surface area contributed by atoms with Crippen molar-refractivity contribution in [2.45, 2.75) is 34.6 Å². The van der Waals surface area contributed by atoms with Gasteiger partial charge in [-0.1, -0.05) is 18.2 Å². The van der Waals surface area contributed by atoms with Gasteiger partial charge in [-0.05, 0) is 51.8 Å². The van der Waals surface area contributed by atoms with Gasteiger partial charge in [-0.2, -0.15) is 0 Å². The summed E-state index contributed by atoms with van der Waals surface area (Å²) in [5.74, 6) is -0.551. The number of carbonyl (C=O) groups excluding carboxylic acids is 2. The molecule has 5 heteroatoms. The second kappa shape index (κ2) is 7.34. The molecule has 0 spiro atoms. The number of para-hydroxylation sites is 1. The average Bonchev–Trinajstić information content (AvgIpc) is 2.84. The molecule has 5 nitrogen and oxygen atoms in total. The molecule has 1 heterocycles. The molecule has 2 rings (SSSR count). The van der Waals surface area contributed by atoms with Gasteiger partial charge in [0.15, 0.2) is 0 Å². The lowest BCUT2D eigenvalue weighted by atomic mass is 10.1. The first-order chi connectivity index (χ1) is 11.4. The lowest BCUT2D eigenvalue weighted by molar-refractivity contribution is 0.0519. The van der Waals surface area contributed by atoms with Gasteiger partial charge in [0.25, 0.3) is 5.91 Å². The molecule has 0 fully saturated rings. The Labute approximate surface area is 142 Å². The van der Waals surface area contributed by atoms with E-state index in [2.05, 4.69) is 4.98 Å². The van der Waals surface area contributed by atoms with Crippen LogP contribution in [-0.2, 0) is 4.74 Å². The van der Waals surface area contributed by atoms with Crippen LogP contribution in [0, 0.1) is 20.8 Å². The Hall–Kier alpha value is -2.56. The number of aromatic amines is 1. The smallest absolute Gasteiger partial charge is 0.355 e. The number of amides is 1. The van der Waals surface area contributed by atoms with E-state index in [9.17, 15) is 9.59 Å². The zero-order chi connectivity index (χ0) is 17.9. The van der Waals surface area contributed by atoms with Gasteiger partial charge in [-0.25, -0.2) is 4.79 Å². The number of nitrogens with one attached hydrogen (secondary N) is 1. The number of aryl methyl sites for hydroxylation is 2. The fourth-order valence-electron chi connectivity index (χ4n) is 2.90. The number of esters is 1. The third-order valence-corrected chi connectivity index (χ3v) is 4.10. The molecule has 0 unspecified atom stereocenters. The van der Waals surface area contributed by atoms with Crippen molar-refractivity contribution in [3.05, 3.63) is 52.3 Å². The van der Waals surface area contributed by atoms with Crippen LogP contribution < -0.4 is 4.90 Å². The van der Waals surface area contributed by atoms with Gasteiger partial charge in [0, 0.05) is 17.9 Å². The van der Waals surface area contributed by atoms with E-state index in [1.807, 2.05) is 38.1 Å². The lowest BCUT2D eigenvalue weighted by Crippen LogP contribution is -2.32. The number of benzene rings is 1. The van der Waals surface area contributed by atoms with E-state index < -0.39 is 5.97 Å². The van der Waals surface area contributed by atoms with Crippen molar-refractivity contribution in [2.24, 2.45) is 0 Å². The molecule has 2 aromatic rings. The number of aromatic nitrogens is 1. The Bertz CT molecular complexity index is 762. The summed E-state index contributed by atoms with van der Waals surface area (Å²) in [6, 6.07) is 7.77. The number of hydrogen-bond acceptors (Lipinski definition) is 3. The molecule has 0 saturated carbocycles. The zero-order valence-corrected chi connectivity index (χ0v) is 14.9. The number of hydrogen-bond donors (Lipinski definition) is 1. The average molecular weight is 328 g/mol. The third kappa shape index (κ3) is 3.20. The fraction of sp³-hybridized carbons (Fsp3) is 0.368. The van der Waals surface area contributed by atoms with Gasteiger partial charge < -0.3 is 14.6 Å². The predicted octanol–water partition coefficient (Wildman–Crippen LogP) is 3.78. The highest BCUT2D eigenvalue weighted by atomic mass is 16.5. The van der Waals surface area contributed by atoms with Crippen molar-refractivity contribution in [2.75, 3.05) is 18.1 Å². The summed E-state index contributed by atoms with van der Waals surface area (Å²) < 4.78 is 5.05. The Morgan fingerprint density at radius 3 is 2.38 bits per heavy atom. The number of carbonyl (C=O) groups is 2. The maximum atomic E-state index is 13.1. The molecule has 1 amide bonds. The summed E-state index contributed by atoms with van der Waals surface area (Å²) in [5, 5.41) is 0. The van der Waals surface area contributed by atoms with Crippen LogP contribution in [0.15, 0.2) is 24.3 Å². The van der Waals surface area contributed by atoms with Crippen molar-refractivity contribution < 1.29 is 14.3 Å². The second-order valence-corrected chi connectivity index (χ2v) is 5.68. The van der Waals surface area contributed by atoms with Crippen molar-refractivity contribution in [3.8, 4) is 0 Å². The molecular weight excluding hydrogens is 304 g/mol. The summed E-state index contributed by atoms with van der Waals surface area (Å²) >= 11 is 0. The van der Waals surface area contributed by atoms with Crippen molar-refractivity contribution >= 4 is 17.6 Å². The number of anilines is 1. The van der Waals surface area contributed by atoms with E-state index in [4.69, 9.17) is 4.74 Å². The van der Waals surface area contributed by atoms with Crippen LogP contribution in [-0.4, -0.2) is 30.0 Å². The highest BCUT2D eigenvalue weighted by Crippen LogP contribution is 2.25. The Kier molecular flexibility index (Phi) is 5.44. The summed E-state index contributed by atoms with van der Waals surface area (Å²) in [5.41, 5.74) is 4.09. The molecule has 0 radical (unpaired) electrons. The highest BCUT2D eigenvalue weighted by Gasteiger charge is 2.26. The van der Waals surface area contributed by atoms with E-state index in [-0.39, 0.29) is 5.91 Å². The van der Waals surface area contributed by atoms with Crippen LogP contribution >= 0.6 is 0 Å². The fourth-order valence-corrected chi connectivity index (χ4v) is 2.90. The second-order valence-electron chi connectivity index (χ2n) is 5.68. The maximum Gasteiger partial charge on any atom is 0.355 e. The largest absolute Gasteiger partial charge is 0.461 e. The van der Waals surface area contributed by atoms with Crippen molar-refractivity contribution in [3.63, 3.8) is 0 Å². The Morgan fingerprint density at radius 1 is 1.12 bits per heavy atom. The monoisotopic (exact) mass is 328 g/mol. The lowest BCUT2D eigenvalue weighted by Gasteiger charge is -2.23. The first-order valence-electron chi connectivity index (χ1n) is 8.16. The van der Waals surface area contributed by atoms with Crippen LogP contribution in [0.25, 0.3) is 0 Å². The van der Waals surface area contributed by atoms with E-state index in [0.29, 0.717) is 35.7 Å². The summed E-state index contributed by atoms with van der Waals surface area (Å²) in [6.07, 6.45) is 0. The molecule has 128 valence electrons. The molecule has 0 saturated heterocycles. The normalized spacial score (nSPS) is 10.5. The van der Waals surface area contributed by atoms with Crippen LogP contribution in [0.5, 0.6) is 0 Å². The molecule has 24 heavy (non-hydrogen) atoms. The molecule has 0 aliphatic heterocycles. The number of nitrogens with zero attached hydrogens (tertiary/aromatic N) is 1. The summed E-state index contributed by atoms with van der Waals surface area (Å²) in [6.45, 7) is 10.1. The molecule has 0 aliphatic carbocycles. The minimum Gasteiger partial charge on any atom is -0.461 e. The van der Waals surface area contributed by atoms with Gasteiger partial charge >= 0.3 is 5.97 Å². The van der Waals surface area contributed by atoms with Crippen LogP contribution in [0.1, 0.15) is 51.5 Å². The quantitative estimate of drug-likeness (QED) is 0.850. The van der Waals surface area contributed by atoms with E-state index in [1.54, 1.807) is 25.7 Å². The van der Waals surface area contributed by atoms with Gasteiger partial charge in [0.05, 0.1) is 12.2 Å². The van der Waals surface area contributed by atoms with Crippen LogP contribution in [0.3, 0.4) is 0 Å². The standard InChI is InChI=1S/C19H24N2O3/c1-6-21(15-11-9-8-10-12(15)3)18(22)16-13(4)17(20-14(16)5)19(23)24-7-2/h8-11,20H,6-7H2,1-5H3. The van der Waals surface area contributed by atoms with Crippen LogP contribution in [0.4, 0.5) is 5.69 Å². The number of H-pyrrole nitrogens is 1. The molecule has 1 N–H and O–H groups in total. The Morgan fingerprint density at radius 2 is 1.79 bits per heavy atom. The summed E-state index contributed by atoms with van der Waals surface area (Å²) in [4.78, 5) is 29.9. The minimum atomic E-state index is -0.434. The highest BCUT2D eigenvalue weighted by molar-refractivity contribution is 6.09. The number of ether oxygens (including phenoxy) is 1. The third-order valence-electron chi connectivity index (χ3n) is 4.10. The topological polar surface area (TPSA) is 62.4 Å². The predicted molar refractivity (Wildman–Crippen MR) is 94.8 cm³/mol. The van der Waals surface area contributed by atoms with Gasteiger partial charge in [-0.3, -0.25) is 4.79 Å². The van der Waals surface area contributed by atoms with E-state index in [1.165, 1.54) is 0 Å². The molecule has 0 bridgehead atoms. The van der Waals surface area contributed by atoms with Crippen molar-refractivity contribution in [1.82, 2.24) is 4.98 Å². The van der Waals surface area contributed by atoms with E-state index >= 15 is 0 Å². The zero-order valence-electron chi connectivity index (χ0n) is 14.9. The summed E-state index contributed by atoms with van der Waals surface area (Å²) in [7, 11) is 0. The molecule has 0 atom stereocenters. The van der Waals surface area contributed by atoms with E-state index in [0.717, 1.165) is 11.3 Å². The first kappa shape index (κ1) is 17.8. The van der Waals surface area contributed by atoms with Crippen LogP contribution in [0.2, 0.25) is 0 Å².